The highest BCUT2D eigenvalue weighted by Crippen LogP contribution is 2.20. The molecular weight excluding hydrogens is 228 g/mol. The van der Waals surface area contributed by atoms with Crippen molar-refractivity contribution in [3.8, 4) is 0 Å². The van der Waals surface area contributed by atoms with Crippen LogP contribution in [-0.2, 0) is 4.74 Å². The minimum atomic E-state index is -0.426. The van der Waals surface area contributed by atoms with Gasteiger partial charge in [-0.2, -0.15) is 0 Å². The standard InChI is InChI=1S/C14H28N2O2/c1-10(2)8-11-9-15-7-6-12(11)16-13(17)18-14(3,4)5/h10-12,15H,6-9H2,1-5H3,(H,16,17). The number of amides is 1. The Labute approximate surface area is 111 Å². The summed E-state index contributed by atoms with van der Waals surface area (Å²) in [5.41, 5.74) is -0.426. The predicted octanol–water partition coefficient (Wildman–Crippen LogP) is 2.54. The summed E-state index contributed by atoms with van der Waals surface area (Å²) < 4.78 is 5.32. The smallest absolute Gasteiger partial charge is 0.407 e. The number of carbonyl (C=O) groups is 1. The minimum absolute atomic E-state index is 0.239. The first-order chi connectivity index (χ1) is 8.28. The van der Waals surface area contributed by atoms with E-state index in [9.17, 15) is 4.79 Å². The molecule has 0 bridgehead atoms. The summed E-state index contributed by atoms with van der Waals surface area (Å²) in [6.45, 7) is 12.1. The van der Waals surface area contributed by atoms with Crippen LogP contribution in [0.2, 0.25) is 0 Å². The van der Waals surface area contributed by atoms with Crippen LogP contribution in [-0.4, -0.2) is 30.8 Å². The molecule has 2 N–H and O–H groups in total. The average Bonchev–Trinajstić information content (AvgIpc) is 2.17. The van der Waals surface area contributed by atoms with E-state index in [-0.39, 0.29) is 12.1 Å². The number of alkyl carbamates (subject to hydrolysis) is 1. The van der Waals surface area contributed by atoms with E-state index in [1.807, 2.05) is 20.8 Å². The van der Waals surface area contributed by atoms with Gasteiger partial charge in [0.25, 0.3) is 0 Å². The van der Waals surface area contributed by atoms with E-state index in [0.717, 1.165) is 25.9 Å². The van der Waals surface area contributed by atoms with Crippen LogP contribution >= 0.6 is 0 Å². The van der Waals surface area contributed by atoms with E-state index in [2.05, 4.69) is 24.5 Å². The number of rotatable bonds is 3. The summed E-state index contributed by atoms with van der Waals surface area (Å²) in [6, 6.07) is 0.239. The van der Waals surface area contributed by atoms with Gasteiger partial charge in [-0.25, -0.2) is 4.79 Å². The normalized spacial score (nSPS) is 25.0. The molecule has 1 rings (SSSR count). The van der Waals surface area contributed by atoms with Gasteiger partial charge >= 0.3 is 6.09 Å². The van der Waals surface area contributed by atoms with Crippen LogP contribution in [0.5, 0.6) is 0 Å². The number of hydrogen-bond acceptors (Lipinski definition) is 3. The molecule has 1 amide bonds. The van der Waals surface area contributed by atoms with Crippen molar-refractivity contribution in [3.05, 3.63) is 0 Å². The molecule has 0 aliphatic carbocycles. The van der Waals surface area contributed by atoms with Crippen LogP contribution in [0.15, 0.2) is 0 Å². The maximum absolute atomic E-state index is 11.8. The van der Waals surface area contributed by atoms with Crippen molar-refractivity contribution >= 4 is 6.09 Å². The van der Waals surface area contributed by atoms with Crippen molar-refractivity contribution in [1.29, 1.82) is 0 Å². The van der Waals surface area contributed by atoms with E-state index in [4.69, 9.17) is 4.74 Å². The Morgan fingerprint density at radius 2 is 2.11 bits per heavy atom. The van der Waals surface area contributed by atoms with Crippen LogP contribution in [0.3, 0.4) is 0 Å². The Kier molecular flexibility index (Phi) is 5.45. The Hall–Kier alpha value is -0.770. The Balaban J connectivity index is 2.48. The summed E-state index contributed by atoms with van der Waals surface area (Å²) in [5, 5.41) is 6.43. The van der Waals surface area contributed by atoms with E-state index in [1.165, 1.54) is 0 Å². The lowest BCUT2D eigenvalue weighted by Gasteiger charge is -2.34. The second kappa shape index (κ2) is 6.41. The van der Waals surface area contributed by atoms with Gasteiger partial charge in [-0.15, -0.1) is 0 Å². The van der Waals surface area contributed by atoms with E-state index >= 15 is 0 Å². The van der Waals surface area contributed by atoms with Crippen LogP contribution in [0.1, 0.15) is 47.5 Å². The molecule has 0 saturated carbocycles. The molecule has 0 spiro atoms. The lowest BCUT2D eigenvalue weighted by molar-refractivity contribution is 0.0468. The molecule has 0 aromatic heterocycles. The third-order valence-electron chi connectivity index (χ3n) is 3.08. The van der Waals surface area contributed by atoms with Gasteiger partial charge in [0.1, 0.15) is 5.60 Å². The molecular formula is C14H28N2O2. The molecule has 0 aromatic carbocycles. The van der Waals surface area contributed by atoms with Crippen LogP contribution in [0.4, 0.5) is 4.79 Å². The third kappa shape index (κ3) is 5.71. The highest BCUT2D eigenvalue weighted by molar-refractivity contribution is 5.68. The number of piperidine rings is 1. The number of ether oxygens (including phenoxy) is 1. The highest BCUT2D eigenvalue weighted by Gasteiger charge is 2.28. The molecule has 106 valence electrons. The van der Waals surface area contributed by atoms with E-state index in [1.54, 1.807) is 0 Å². The fraction of sp³-hybridized carbons (Fsp3) is 0.929. The lowest BCUT2D eigenvalue weighted by atomic mass is 9.86. The first kappa shape index (κ1) is 15.3. The topological polar surface area (TPSA) is 50.4 Å². The number of carbonyl (C=O) groups excluding carboxylic acids is 1. The SMILES string of the molecule is CC(C)CC1CNCCC1NC(=O)OC(C)(C)C. The van der Waals surface area contributed by atoms with Crippen molar-refractivity contribution < 1.29 is 9.53 Å². The molecule has 4 heteroatoms. The molecule has 0 aromatic rings. The maximum atomic E-state index is 11.8. The zero-order valence-corrected chi connectivity index (χ0v) is 12.4. The molecule has 2 atom stereocenters. The van der Waals surface area contributed by atoms with Crippen LogP contribution in [0, 0.1) is 11.8 Å². The summed E-state index contributed by atoms with van der Waals surface area (Å²) in [5.74, 6) is 1.16. The molecule has 1 aliphatic rings. The monoisotopic (exact) mass is 256 g/mol. The molecule has 4 nitrogen and oxygen atoms in total. The zero-order valence-electron chi connectivity index (χ0n) is 12.4. The summed E-state index contributed by atoms with van der Waals surface area (Å²) >= 11 is 0. The summed E-state index contributed by atoms with van der Waals surface area (Å²) in [4.78, 5) is 11.8. The van der Waals surface area contributed by atoms with Gasteiger partial charge < -0.3 is 15.4 Å². The summed E-state index contributed by atoms with van der Waals surface area (Å²) in [6.07, 6.45) is 1.83. The van der Waals surface area contributed by atoms with Crippen molar-refractivity contribution in [3.63, 3.8) is 0 Å². The van der Waals surface area contributed by atoms with Crippen molar-refractivity contribution in [2.24, 2.45) is 11.8 Å². The zero-order chi connectivity index (χ0) is 13.8. The van der Waals surface area contributed by atoms with Gasteiger partial charge in [0.15, 0.2) is 0 Å². The molecule has 1 heterocycles. The molecule has 2 unspecified atom stereocenters. The fourth-order valence-corrected chi connectivity index (χ4v) is 2.43. The van der Waals surface area contributed by atoms with Gasteiger partial charge in [-0.05, 0) is 58.5 Å². The first-order valence-electron chi connectivity index (χ1n) is 6.98. The highest BCUT2D eigenvalue weighted by atomic mass is 16.6. The number of nitrogens with one attached hydrogen (secondary N) is 2. The molecule has 0 radical (unpaired) electrons. The third-order valence-corrected chi connectivity index (χ3v) is 3.08. The van der Waals surface area contributed by atoms with Crippen molar-refractivity contribution in [2.45, 2.75) is 59.1 Å². The molecule has 1 aliphatic heterocycles. The van der Waals surface area contributed by atoms with Crippen LogP contribution < -0.4 is 10.6 Å². The Morgan fingerprint density at radius 3 is 2.67 bits per heavy atom. The average molecular weight is 256 g/mol. The van der Waals surface area contributed by atoms with E-state index in [0.29, 0.717) is 11.8 Å². The molecule has 1 saturated heterocycles. The molecule has 18 heavy (non-hydrogen) atoms. The number of hydrogen-bond donors (Lipinski definition) is 2. The lowest BCUT2D eigenvalue weighted by Crippen LogP contribution is -2.50. The Bertz CT molecular complexity index is 271. The van der Waals surface area contributed by atoms with Crippen molar-refractivity contribution in [2.75, 3.05) is 13.1 Å². The largest absolute Gasteiger partial charge is 0.444 e. The minimum Gasteiger partial charge on any atom is -0.444 e. The van der Waals surface area contributed by atoms with Crippen molar-refractivity contribution in [1.82, 2.24) is 10.6 Å². The van der Waals surface area contributed by atoms with Gasteiger partial charge in [-0.1, -0.05) is 13.8 Å². The van der Waals surface area contributed by atoms with Gasteiger partial charge in [0, 0.05) is 6.04 Å². The second-order valence-electron chi connectivity index (χ2n) is 6.64. The fourth-order valence-electron chi connectivity index (χ4n) is 2.43. The predicted molar refractivity (Wildman–Crippen MR) is 73.6 cm³/mol. The molecule has 1 fully saturated rings. The first-order valence-corrected chi connectivity index (χ1v) is 6.98. The van der Waals surface area contributed by atoms with Gasteiger partial charge in [0.05, 0.1) is 0 Å². The quantitative estimate of drug-likeness (QED) is 0.816. The van der Waals surface area contributed by atoms with Gasteiger partial charge in [0.2, 0.25) is 0 Å². The van der Waals surface area contributed by atoms with Gasteiger partial charge in [-0.3, -0.25) is 0 Å². The maximum Gasteiger partial charge on any atom is 0.407 e. The second-order valence-corrected chi connectivity index (χ2v) is 6.64. The van der Waals surface area contributed by atoms with E-state index < -0.39 is 5.60 Å². The summed E-state index contributed by atoms with van der Waals surface area (Å²) in [7, 11) is 0. The van der Waals surface area contributed by atoms with Crippen LogP contribution in [0.25, 0.3) is 0 Å². The Morgan fingerprint density at radius 1 is 1.44 bits per heavy atom.